The van der Waals surface area contributed by atoms with E-state index in [-0.39, 0.29) is 18.8 Å². The first-order chi connectivity index (χ1) is 17.4. The topological polar surface area (TPSA) is 220 Å². The van der Waals surface area contributed by atoms with Gasteiger partial charge in [0.1, 0.15) is 18.1 Å². The summed E-state index contributed by atoms with van der Waals surface area (Å²) in [5.41, 5.74) is 17.3. The lowest BCUT2D eigenvalue weighted by atomic mass is 10.0. The normalized spacial score (nSPS) is 14.2. The van der Waals surface area contributed by atoms with Crippen LogP contribution in [0.25, 0.3) is 0 Å². The van der Waals surface area contributed by atoms with Gasteiger partial charge < -0.3 is 38.3 Å². The standard InChI is InChI=1S/C25H40N6O6/c1-15(2)12-20(25(36)37)31-23(34)18(13-16-8-4-3-5-9-16)30-24(35)19(14-21(28)32)29-22(33)17(27)10-6-7-11-26/h3-5,8-9,15,17-20H,6-7,10-14,26-27H2,1-2H3,(H2,28,32)(H,29,33)(H,30,35)(H,31,34)(H,36,37). The molecule has 0 heterocycles. The van der Waals surface area contributed by atoms with Crippen molar-refractivity contribution in [2.75, 3.05) is 6.54 Å². The number of hydrogen-bond acceptors (Lipinski definition) is 7. The maximum atomic E-state index is 13.1. The second-order valence-corrected chi connectivity index (χ2v) is 9.40. The van der Waals surface area contributed by atoms with Gasteiger partial charge in [-0.2, -0.15) is 0 Å². The molecular formula is C25H40N6O6. The van der Waals surface area contributed by atoms with Crippen molar-refractivity contribution in [3.63, 3.8) is 0 Å². The molecule has 0 spiro atoms. The molecule has 0 bridgehead atoms. The Bertz CT molecular complexity index is 910. The summed E-state index contributed by atoms with van der Waals surface area (Å²) in [6, 6.07) is 4.16. The molecule has 12 heteroatoms. The molecule has 0 saturated heterocycles. The van der Waals surface area contributed by atoms with E-state index in [1.807, 2.05) is 13.8 Å². The predicted octanol–water partition coefficient (Wildman–Crippen LogP) is -0.854. The summed E-state index contributed by atoms with van der Waals surface area (Å²) < 4.78 is 0. The lowest BCUT2D eigenvalue weighted by molar-refractivity contribution is -0.143. The molecule has 0 aliphatic rings. The highest BCUT2D eigenvalue weighted by Gasteiger charge is 2.31. The highest BCUT2D eigenvalue weighted by atomic mass is 16.4. The van der Waals surface area contributed by atoms with E-state index < -0.39 is 60.2 Å². The van der Waals surface area contributed by atoms with Crippen molar-refractivity contribution < 1.29 is 29.1 Å². The molecule has 4 amide bonds. The van der Waals surface area contributed by atoms with Gasteiger partial charge in [-0.1, -0.05) is 50.6 Å². The second-order valence-electron chi connectivity index (χ2n) is 9.40. The number of carboxylic acid groups (broad SMARTS) is 1. The van der Waals surface area contributed by atoms with E-state index >= 15 is 0 Å². The zero-order valence-electron chi connectivity index (χ0n) is 21.4. The van der Waals surface area contributed by atoms with E-state index in [0.29, 0.717) is 31.4 Å². The van der Waals surface area contributed by atoms with E-state index in [9.17, 15) is 29.1 Å². The zero-order valence-corrected chi connectivity index (χ0v) is 21.4. The van der Waals surface area contributed by atoms with Gasteiger partial charge in [-0.3, -0.25) is 19.2 Å². The average molecular weight is 521 g/mol. The summed E-state index contributed by atoms with van der Waals surface area (Å²) in [6.45, 7) is 4.10. The number of nitrogens with one attached hydrogen (secondary N) is 3. The van der Waals surface area contributed by atoms with E-state index in [1.165, 1.54) is 0 Å². The minimum atomic E-state index is -1.37. The fourth-order valence-corrected chi connectivity index (χ4v) is 3.63. The molecule has 0 aromatic heterocycles. The zero-order chi connectivity index (χ0) is 28.0. The van der Waals surface area contributed by atoms with Crippen LogP contribution in [-0.4, -0.2) is 65.4 Å². The van der Waals surface area contributed by atoms with Crippen LogP contribution in [0.5, 0.6) is 0 Å². The molecule has 4 atom stereocenters. The van der Waals surface area contributed by atoms with Gasteiger partial charge in [-0.15, -0.1) is 0 Å². The Kier molecular flexibility index (Phi) is 13.9. The predicted molar refractivity (Wildman–Crippen MR) is 138 cm³/mol. The van der Waals surface area contributed by atoms with Crippen molar-refractivity contribution in [3.05, 3.63) is 35.9 Å². The van der Waals surface area contributed by atoms with E-state index in [4.69, 9.17) is 17.2 Å². The van der Waals surface area contributed by atoms with E-state index in [2.05, 4.69) is 16.0 Å². The van der Waals surface area contributed by atoms with Gasteiger partial charge in [-0.25, -0.2) is 4.79 Å². The Morgan fingerprint density at radius 1 is 0.865 bits per heavy atom. The molecule has 1 aromatic carbocycles. The molecule has 10 N–H and O–H groups in total. The number of nitrogens with two attached hydrogens (primary N) is 3. The first-order valence-electron chi connectivity index (χ1n) is 12.4. The number of carboxylic acids is 1. The SMILES string of the molecule is CC(C)CC(NC(=O)C(Cc1ccccc1)NC(=O)C(CC(N)=O)NC(=O)C(N)CCCCN)C(=O)O. The van der Waals surface area contributed by atoms with Gasteiger partial charge >= 0.3 is 5.97 Å². The molecular weight excluding hydrogens is 480 g/mol. The third-order valence-corrected chi connectivity index (χ3v) is 5.58. The van der Waals surface area contributed by atoms with Crippen LogP contribution < -0.4 is 33.2 Å². The highest BCUT2D eigenvalue weighted by Crippen LogP contribution is 2.09. The van der Waals surface area contributed by atoms with Crippen LogP contribution in [-0.2, 0) is 30.4 Å². The van der Waals surface area contributed by atoms with Gasteiger partial charge in [0.25, 0.3) is 0 Å². The fraction of sp³-hybridized carbons (Fsp3) is 0.560. The van der Waals surface area contributed by atoms with Gasteiger partial charge in [0, 0.05) is 6.42 Å². The molecule has 1 rings (SSSR count). The molecule has 0 aliphatic heterocycles. The van der Waals surface area contributed by atoms with Gasteiger partial charge in [0.05, 0.1) is 12.5 Å². The molecule has 0 fully saturated rings. The minimum absolute atomic E-state index is 0.00668. The van der Waals surface area contributed by atoms with Gasteiger partial charge in [0.2, 0.25) is 23.6 Å². The highest BCUT2D eigenvalue weighted by molar-refractivity contribution is 5.96. The molecule has 0 radical (unpaired) electrons. The Morgan fingerprint density at radius 2 is 1.43 bits per heavy atom. The molecule has 0 saturated carbocycles. The lowest BCUT2D eigenvalue weighted by Crippen LogP contribution is -2.58. The smallest absolute Gasteiger partial charge is 0.326 e. The summed E-state index contributed by atoms with van der Waals surface area (Å²) in [5.74, 6) is -4.24. The van der Waals surface area contributed by atoms with Crippen molar-refractivity contribution >= 4 is 29.6 Å². The number of aliphatic carboxylic acids is 1. The maximum Gasteiger partial charge on any atom is 0.326 e. The Balaban J connectivity index is 3.08. The molecule has 206 valence electrons. The first kappa shape index (κ1) is 31.5. The average Bonchev–Trinajstić information content (AvgIpc) is 2.82. The van der Waals surface area contributed by atoms with Crippen LogP contribution in [0.15, 0.2) is 30.3 Å². The molecule has 4 unspecified atom stereocenters. The molecule has 12 nitrogen and oxygen atoms in total. The monoisotopic (exact) mass is 520 g/mol. The molecule has 1 aromatic rings. The maximum absolute atomic E-state index is 13.1. The number of rotatable bonds is 17. The Labute approximate surface area is 217 Å². The summed E-state index contributed by atoms with van der Waals surface area (Å²) >= 11 is 0. The third kappa shape index (κ3) is 12.3. The number of benzene rings is 1. The summed E-state index contributed by atoms with van der Waals surface area (Å²) in [5, 5.41) is 17.0. The second kappa shape index (κ2) is 16.3. The van der Waals surface area contributed by atoms with Crippen molar-refractivity contribution in [2.24, 2.45) is 23.1 Å². The van der Waals surface area contributed by atoms with Crippen molar-refractivity contribution in [1.29, 1.82) is 0 Å². The van der Waals surface area contributed by atoms with Crippen LogP contribution in [0.1, 0.15) is 51.5 Å². The van der Waals surface area contributed by atoms with Crippen LogP contribution in [0.3, 0.4) is 0 Å². The number of hydrogen-bond donors (Lipinski definition) is 7. The Morgan fingerprint density at radius 3 is 1.97 bits per heavy atom. The Hall–Kier alpha value is -3.51. The third-order valence-electron chi connectivity index (χ3n) is 5.58. The number of primary amides is 1. The van der Waals surface area contributed by atoms with Crippen LogP contribution in [0.2, 0.25) is 0 Å². The van der Waals surface area contributed by atoms with Crippen LogP contribution in [0.4, 0.5) is 0 Å². The number of unbranched alkanes of at least 4 members (excludes halogenated alkanes) is 1. The summed E-state index contributed by atoms with van der Waals surface area (Å²) in [7, 11) is 0. The molecule has 37 heavy (non-hydrogen) atoms. The van der Waals surface area contributed by atoms with Crippen molar-refractivity contribution in [3.8, 4) is 0 Å². The quantitative estimate of drug-likeness (QED) is 0.128. The van der Waals surface area contributed by atoms with Crippen LogP contribution in [0, 0.1) is 5.92 Å². The van der Waals surface area contributed by atoms with Gasteiger partial charge in [-0.05, 0) is 37.3 Å². The summed E-state index contributed by atoms with van der Waals surface area (Å²) in [6.07, 6.45) is 1.34. The number of amides is 4. The van der Waals surface area contributed by atoms with E-state index in [0.717, 1.165) is 0 Å². The fourth-order valence-electron chi connectivity index (χ4n) is 3.63. The van der Waals surface area contributed by atoms with Gasteiger partial charge in [0.15, 0.2) is 0 Å². The van der Waals surface area contributed by atoms with Crippen LogP contribution >= 0.6 is 0 Å². The number of carbonyl (C=O) groups excluding carboxylic acids is 4. The van der Waals surface area contributed by atoms with Crippen molar-refractivity contribution in [1.82, 2.24) is 16.0 Å². The van der Waals surface area contributed by atoms with E-state index in [1.54, 1.807) is 30.3 Å². The first-order valence-corrected chi connectivity index (χ1v) is 12.4. The molecule has 0 aliphatic carbocycles. The largest absolute Gasteiger partial charge is 0.480 e. The summed E-state index contributed by atoms with van der Waals surface area (Å²) in [4.78, 5) is 62.0. The number of carbonyl (C=O) groups is 5. The lowest BCUT2D eigenvalue weighted by Gasteiger charge is -2.25. The minimum Gasteiger partial charge on any atom is -0.480 e. The van der Waals surface area contributed by atoms with Crippen molar-refractivity contribution in [2.45, 2.75) is 76.5 Å².